The molecule has 5 nitrogen and oxygen atoms in total. The summed E-state index contributed by atoms with van der Waals surface area (Å²) >= 11 is 0. The molecule has 128 valence electrons. The van der Waals surface area contributed by atoms with Gasteiger partial charge in [0, 0.05) is 25.2 Å². The molecule has 2 aromatic rings. The van der Waals surface area contributed by atoms with Gasteiger partial charge in [0.1, 0.15) is 29.5 Å². The van der Waals surface area contributed by atoms with Gasteiger partial charge in [0.2, 0.25) is 0 Å². The van der Waals surface area contributed by atoms with Crippen molar-refractivity contribution >= 4 is 17.4 Å². The predicted molar refractivity (Wildman–Crippen MR) is 89.1 cm³/mol. The van der Waals surface area contributed by atoms with E-state index in [0.717, 1.165) is 32.0 Å². The Hall–Kier alpha value is -2.57. The van der Waals surface area contributed by atoms with Crippen molar-refractivity contribution in [3.63, 3.8) is 0 Å². The predicted octanol–water partition coefficient (Wildman–Crippen LogP) is 3.63. The van der Waals surface area contributed by atoms with E-state index in [1.54, 1.807) is 6.07 Å². The lowest BCUT2D eigenvalue weighted by Gasteiger charge is -2.22. The molecule has 1 amide bonds. The van der Waals surface area contributed by atoms with Crippen LogP contribution < -0.4 is 10.2 Å². The smallest absolute Gasteiger partial charge is 0.274 e. The van der Waals surface area contributed by atoms with Crippen molar-refractivity contribution in [1.29, 1.82) is 0 Å². The largest absolute Gasteiger partial charge is 0.357 e. The van der Waals surface area contributed by atoms with Crippen LogP contribution in [0.4, 0.5) is 20.3 Å². The van der Waals surface area contributed by atoms with Crippen LogP contribution in [-0.4, -0.2) is 29.0 Å². The maximum absolute atomic E-state index is 13.6. The van der Waals surface area contributed by atoms with E-state index >= 15 is 0 Å². The van der Waals surface area contributed by atoms with Crippen molar-refractivity contribution < 1.29 is 13.6 Å². The number of aromatic nitrogens is 2. The van der Waals surface area contributed by atoms with Crippen molar-refractivity contribution in [2.24, 2.45) is 0 Å². The highest BCUT2D eigenvalue weighted by Gasteiger charge is 2.14. The zero-order chi connectivity index (χ0) is 17.5. The molecule has 7 heteroatoms. The van der Waals surface area contributed by atoms with E-state index in [2.05, 4.69) is 34.0 Å². The summed E-state index contributed by atoms with van der Waals surface area (Å²) in [5, 5.41) is 2.39. The number of hydrogen-bond donors (Lipinski definition) is 1. The van der Waals surface area contributed by atoms with Crippen LogP contribution in [0.15, 0.2) is 30.6 Å². The molecule has 24 heavy (non-hydrogen) atoms. The van der Waals surface area contributed by atoms with Crippen LogP contribution in [0.5, 0.6) is 0 Å². The number of halogens is 2. The van der Waals surface area contributed by atoms with Crippen LogP contribution in [0.1, 0.15) is 37.2 Å². The average molecular weight is 334 g/mol. The van der Waals surface area contributed by atoms with E-state index < -0.39 is 17.5 Å². The normalized spacial score (nSPS) is 10.5. The molecule has 1 aromatic heterocycles. The van der Waals surface area contributed by atoms with Crippen LogP contribution in [0, 0.1) is 11.6 Å². The maximum Gasteiger partial charge on any atom is 0.274 e. The number of anilines is 2. The number of carbonyl (C=O) groups is 1. The van der Waals surface area contributed by atoms with E-state index in [1.807, 2.05) is 0 Å². The number of nitrogens with zero attached hydrogens (tertiary/aromatic N) is 3. The first kappa shape index (κ1) is 17.8. The van der Waals surface area contributed by atoms with Gasteiger partial charge in [0.05, 0.1) is 5.69 Å². The molecule has 0 aliphatic rings. The summed E-state index contributed by atoms with van der Waals surface area (Å²) < 4.78 is 26.6. The Morgan fingerprint density at radius 3 is 2.46 bits per heavy atom. The Balaban J connectivity index is 2.19. The first-order chi connectivity index (χ1) is 11.5. The number of benzene rings is 1. The van der Waals surface area contributed by atoms with Gasteiger partial charge in [0.15, 0.2) is 0 Å². The zero-order valence-corrected chi connectivity index (χ0v) is 13.7. The molecule has 0 atom stereocenters. The molecule has 0 bridgehead atoms. The van der Waals surface area contributed by atoms with E-state index in [1.165, 1.54) is 12.4 Å². The van der Waals surface area contributed by atoms with Crippen LogP contribution in [0.25, 0.3) is 0 Å². The summed E-state index contributed by atoms with van der Waals surface area (Å²) in [6.45, 7) is 5.76. The third-order valence-corrected chi connectivity index (χ3v) is 3.38. The number of hydrogen-bond acceptors (Lipinski definition) is 4. The maximum atomic E-state index is 13.6. The number of amides is 1. The average Bonchev–Trinajstić information content (AvgIpc) is 2.57. The first-order valence-corrected chi connectivity index (χ1v) is 7.88. The highest BCUT2D eigenvalue weighted by Crippen LogP contribution is 2.17. The van der Waals surface area contributed by atoms with Crippen molar-refractivity contribution in [2.75, 3.05) is 23.3 Å². The van der Waals surface area contributed by atoms with Gasteiger partial charge < -0.3 is 10.2 Å². The molecule has 0 aliphatic heterocycles. The van der Waals surface area contributed by atoms with Gasteiger partial charge in [-0.25, -0.2) is 18.7 Å². The minimum atomic E-state index is -0.837. The molecule has 1 heterocycles. The molecule has 1 N–H and O–H groups in total. The lowest BCUT2D eigenvalue weighted by atomic mass is 10.2. The monoisotopic (exact) mass is 334 g/mol. The molecule has 0 saturated heterocycles. The van der Waals surface area contributed by atoms with Gasteiger partial charge in [-0.1, -0.05) is 13.8 Å². The Bertz CT molecular complexity index is 703. The molecule has 0 radical (unpaired) electrons. The number of carbonyl (C=O) groups excluding carboxylic acids is 1. The molecule has 1 aromatic carbocycles. The highest BCUT2D eigenvalue weighted by molar-refractivity contribution is 6.03. The van der Waals surface area contributed by atoms with E-state index in [4.69, 9.17) is 0 Å². The van der Waals surface area contributed by atoms with Crippen LogP contribution in [0.3, 0.4) is 0 Å². The Kier molecular flexibility index (Phi) is 6.17. The molecular formula is C17H20F2N4O. The molecule has 0 aliphatic carbocycles. The lowest BCUT2D eigenvalue weighted by Crippen LogP contribution is -2.26. The summed E-state index contributed by atoms with van der Waals surface area (Å²) in [5.41, 5.74) is 0.0291. The quantitative estimate of drug-likeness (QED) is 0.840. The summed E-state index contributed by atoms with van der Waals surface area (Å²) in [7, 11) is 0. The van der Waals surface area contributed by atoms with E-state index in [9.17, 15) is 13.6 Å². The van der Waals surface area contributed by atoms with Crippen molar-refractivity contribution in [3.8, 4) is 0 Å². The molecule has 2 rings (SSSR count). The van der Waals surface area contributed by atoms with Gasteiger partial charge in [-0.2, -0.15) is 0 Å². The van der Waals surface area contributed by atoms with Crippen molar-refractivity contribution in [1.82, 2.24) is 9.97 Å². The Morgan fingerprint density at radius 2 is 1.83 bits per heavy atom. The fourth-order valence-corrected chi connectivity index (χ4v) is 2.30. The molecule has 0 saturated carbocycles. The van der Waals surface area contributed by atoms with Gasteiger partial charge in [-0.05, 0) is 25.0 Å². The highest BCUT2D eigenvalue weighted by atomic mass is 19.1. The van der Waals surface area contributed by atoms with Gasteiger partial charge in [0.25, 0.3) is 5.91 Å². The third-order valence-electron chi connectivity index (χ3n) is 3.38. The third kappa shape index (κ3) is 4.47. The van der Waals surface area contributed by atoms with Gasteiger partial charge >= 0.3 is 0 Å². The second-order valence-electron chi connectivity index (χ2n) is 5.33. The minimum absolute atomic E-state index is 0.0967. The Morgan fingerprint density at radius 1 is 1.12 bits per heavy atom. The lowest BCUT2D eigenvalue weighted by molar-refractivity contribution is 0.102. The van der Waals surface area contributed by atoms with Crippen molar-refractivity contribution in [2.45, 2.75) is 26.7 Å². The molecule has 0 fully saturated rings. The second kappa shape index (κ2) is 8.33. The summed E-state index contributed by atoms with van der Waals surface area (Å²) in [4.78, 5) is 22.5. The number of nitrogens with one attached hydrogen (secondary N) is 1. The summed E-state index contributed by atoms with van der Waals surface area (Å²) in [6, 6.07) is 4.53. The fraction of sp³-hybridized carbons (Fsp3) is 0.353. The number of rotatable bonds is 7. The molecular weight excluding hydrogens is 314 g/mol. The SMILES string of the molecule is CCCN(CCC)c1cc(C(=O)Nc2ccc(F)cc2F)ncn1. The fourth-order valence-electron chi connectivity index (χ4n) is 2.30. The van der Waals surface area contributed by atoms with Crippen molar-refractivity contribution in [3.05, 3.63) is 47.9 Å². The van der Waals surface area contributed by atoms with Gasteiger partial charge in [-0.15, -0.1) is 0 Å². The molecule has 0 unspecified atom stereocenters. The van der Waals surface area contributed by atoms with Crippen LogP contribution in [-0.2, 0) is 0 Å². The second-order valence-corrected chi connectivity index (χ2v) is 5.33. The molecule has 0 spiro atoms. The minimum Gasteiger partial charge on any atom is -0.357 e. The summed E-state index contributed by atoms with van der Waals surface area (Å²) in [6.07, 6.45) is 3.21. The first-order valence-electron chi connectivity index (χ1n) is 7.88. The van der Waals surface area contributed by atoms with E-state index in [0.29, 0.717) is 11.9 Å². The topological polar surface area (TPSA) is 58.1 Å². The zero-order valence-electron chi connectivity index (χ0n) is 13.7. The van der Waals surface area contributed by atoms with Gasteiger partial charge in [-0.3, -0.25) is 4.79 Å². The Labute approximate surface area is 139 Å². The van der Waals surface area contributed by atoms with E-state index in [-0.39, 0.29) is 11.4 Å². The standard InChI is InChI=1S/C17H20F2N4O/c1-3-7-23(8-4-2)16-10-15(20-11-21-16)17(24)22-14-6-5-12(18)9-13(14)19/h5-6,9-11H,3-4,7-8H2,1-2H3,(H,22,24). The van der Waals surface area contributed by atoms with Crippen LogP contribution in [0.2, 0.25) is 0 Å². The van der Waals surface area contributed by atoms with Crippen LogP contribution >= 0.6 is 0 Å². The summed E-state index contributed by atoms with van der Waals surface area (Å²) in [5.74, 6) is -1.46.